The van der Waals surface area contributed by atoms with Crippen molar-refractivity contribution < 1.29 is 4.79 Å². The molecule has 0 fully saturated rings. The van der Waals surface area contributed by atoms with E-state index >= 15 is 0 Å². The van der Waals surface area contributed by atoms with Crippen molar-refractivity contribution in [3.05, 3.63) is 17.5 Å². The van der Waals surface area contributed by atoms with E-state index in [2.05, 4.69) is 5.10 Å². The van der Waals surface area contributed by atoms with Crippen molar-refractivity contribution in [1.82, 2.24) is 14.7 Å². The molecule has 12 heavy (non-hydrogen) atoms. The fourth-order valence-corrected chi connectivity index (χ4v) is 0.950. The van der Waals surface area contributed by atoms with Crippen LogP contribution in [0.3, 0.4) is 0 Å². The minimum atomic E-state index is 0.000556. The van der Waals surface area contributed by atoms with E-state index in [0.717, 1.165) is 5.69 Å². The van der Waals surface area contributed by atoms with Crippen molar-refractivity contribution >= 4 is 5.91 Å². The van der Waals surface area contributed by atoms with Crippen LogP contribution in [0.15, 0.2) is 6.20 Å². The molecule has 4 nitrogen and oxygen atoms in total. The lowest BCUT2D eigenvalue weighted by molar-refractivity contribution is 0.0827. The minimum absolute atomic E-state index is 0.000556. The second-order valence-electron chi connectivity index (χ2n) is 2.97. The molecular weight excluding hydrogens is 154 g/mol. The summed E-state index contributed by atoms with van der Waals surface area (Å²) in [6, 6.07) is 0. The molecule has 0 bridgehead atoms. The molecular formula is C8H13N3O. The smallest absolute Gasteiger partial charge is 0.256 e. The highest BCUT2D eigenvalue weighted by molar-refractivity contribution is 5.94. The predicted molar refractivity (Wildman–Crippen MR) is 46.0 cm³/mol. The highest BCUT2D eigenvalue weighted by Crippen LogP contribution is 2.06. The third-order valence-electron chi connectivity index (χ3n) is 1.87. The van der Waals surface area contributed by atoms with Crippen molar-refractivity contribution in [2.24, 2.45) is 7.05 Å². The number of hydrogen-bond donors (Lipinski definition) is 0. The fourth-order valence-electron chi connectivity index (χ4n) is 0.950. The summed E-state index contributed by atoms with van der Waals surface area (Å²) in [5, 5.41) is 3.99. The Morgan fingerprint density at radius 1 is 1.58 bits per heavy atom. The van der Waals surface area contributed by atoms with E-state index in [0.29, 0.717) is 5.56 Å². The Kier molecular flexibility index (Phi) is 2.17. The zero-order valence-electron chi connectivity index (χ0n) is 7.83. The Morgan fingerprint density at radius 2 is 2.17 bits per heavy atom. The van der Waals surface area contributed by atoms with E-state index in [9.17, 15) is 4.79 Å². The summed E-state index contributed by atoms with van der Waals surface area (Å²) < 4.78 is 1.69. The third-order valence-corrected chi connectivity index (χ3v) is 1.87. The maximum atomic E-state index is 11.5. The molecule has 0 atom stereocenters. The van der Waals surface area contributed by atoms with Gasteiger partial charge < -0.3 is 4.90 Å². The molecule has 1 heterocycles. The van der Waals surface area contributed by atoms with Gasteiger partial charge >= 0.3 is 0 Å². The number of carbonyl (C=O) groups is 1. The first kappa shape index (κ1) is 8.77. The van der Waals surface area contributed by atoms with Crippen molar-refractivity contribution in [2.45, 2.75) is 6.92 Å². The van der Waals surface area contributed by atoms with Gasteiger partial charge in [-0.05, 0) is 6.92 Å². The monoisotopic (exact) mass is 167 g/mol. The molecule has 1 aromatic rings. The maximum Gasteiger partial charge on any atom is 0.256 e. The van der Waals surface area contributed by atoms with E-state index in [1.54, 1.807) is 29.9 Å². The lowest BCUT2D eigenvalue weighted by Crippen LogP contribution is -2.22. The number of amides is 1. The Balaban J connectivity index is 3.04. The Bertz CT molecular complexity index is 301. The lowest BCUT2D eigenvalue weighted by Gasteiger charge is -2.08. The van der Waals surface area contributed by atoms with E-state index in [1.807, 2.05) is 14.0 Å². The molecule has 0 saturated heterocycles. The van der Waals surface area contributed by atoms with E-state index in [1.165, 1.54) is 0 Å². The van der Waals surface area contributed by atoms with Crippen LogP contribution in [0.1, 0.15) is 16.1 Å². The number of rotatable bonds is 1. The summed E-state index contributed by atoms with van der Waals surface area (Å²) in [7, 11) is 5.28. The van der Waals surface area contributed by atoms with Crippen LogP contribution in [0.5, 0.6) is 0 Å². The van der Waals surface area contributed by atoms with Crippen LogP contribution in [0.25, 0.3) is 0 Å². The topological polar surface area (TPSA) is 38.1 Å². The van der Waals surface area contributed by atoms with Gasteiger partial charge in [0.2, 0.25) is 0 Å². The van der Waals surface area contributed by atoms with E-state index in [-0.39, 0.29) is 5.91 Å². The van der Waals surface area contributed by atoms with Gasteiger partial charge in [-0.15, -0.1) is 0 Å². The summed E-state index contributed by atoms with van der Waals surface area (Å²) >= 11 is 0. The molecule has 1 rings (SSSR count). The average Bonchev–Trinajstić information content (AvgIpc) is 2.32. The first-order valence-electron chi connectivity index (χ1n) is 3.74. The minimum Gasteiger partial charge on any atom is -0.345 e. The molecule has 0 aliphatic rings. The highest BCUT2D eigenvalue weighted by atomic mass is 16.2. The van der Waals surface area contributed by atoms with Gasteiger partial charge in [0.25, 0.3) is 5.91 Å². The van der Waals surface area contributed by atoms with Gasteiger partial charge in [-0.25, -0.2) is 0 Å². The Labute approximate surface area is 71.8 Å². The van der Waals surface area contributed by atoms with Gasteiger partial charge in [0.1, 0.15) is 0 Å². The predicted octanol–water partition coefficient (Wildman–Crippen LogP) is 0.430. The number of carbonyl (C=O) groups excluding carboxylic acids is 1. The molecule has 0 spiro atoms. The molecule has 66 valence electrons. The van der Waals surface area contributed by atoms with Gasteiger partial charge in [-0.3, -0.25) is 9.48 Å². The first-order chi connectivity index (χ1) is 5.54. The Hall–Kier alpha value is -1.32. The van der Waals surface area contributed by atoms with Crippen molar-refractivity contribution in [3.63, 3.8) is 0 Å². The number of hydrogen-bond acceptors (Lipinski definition) is 2. The normalized spacial score (nSPS) is 10.0. The zero-order chi connectivity index (χ0) is 9.30. The summed E-state index contributed by atoms with van der Waals surface area (Å²) in [6.45, 7) is 1.88. The van der Waals surface area contributed by atoms with Crippen molar-refractivity contribution in [3.8, 4) is 0 Å². The number of aromatic nitrogens is 2. The molecule has 0 unspecified atom stereocenters. The molecule has 0 aromatic carbocycles. The molecule has 0 radical (unpaired) electrons. The van der Waals surface area contributed by atoms with Crippen LogP contribution < -0.4 is 0 Å². The van der Waals surface area contributed by atoms with Crippen LogP contribution >= 0.6 is 0 Å². The molecule has 1 amide bonds. The molecule has 0 aliphatic heterocycles. The average molecular weight is 167 g/mol. The lowest BCUT2D eigenvalue weighted by atomic mass is 10.2. The van der Waals surface area contributed by atoms with Gasteiger partial charge in [0.15, 0.2) is 0 Å². The Morgan fingerprint density at radius 3 is 2.50 bits per heavy atom. The van der Waals surface area contributed by atoms with Crippen LogP contribution in [0.4, 0.5) is 0 Å². The van der Waals surface area contributed by atoms with Gasteiger partial charge in [-0.2, -0.15) is 5.10 Å². The summed E-state index contributed by atoms with van der Waals surface area (Å²) in [5.41, 5.74) is 1.57. The fraction of sp³-hybridized carbons (Fsp3) is 0.500. The third kappa shape index (κ3) is 1.32. The van der Waals surface area contributed by atoms with Gasteiger partial charge in [-0.1, -0.05) is 0 Å². The van der Waals surface area contributed by atoms with Crippen LogP contribution in [0.2, 0.25) is 0 Å². The van der Waals surface area contributed by atoms with Crippen LogP contribution in [-0.4, -0.2) is 34.7 Å². The van der Waals surface area contributed by atoms with E-state index in [4.69, 9.17) is 0 Å². The standard InChI is InChI=1S/C8H13N3O/c1-6-7(5-9-11(6)4)8(12)10(2)3/h5H,1-4H3. The zero-order valence-corrected chi connectivity index (χ0v) is 7.83. The molecule has 4 heteroatoms. The summed E-state index contributed by atoms with van der Waals surface area (Å²) in [4.78, 5) is 13.0. The van der Waals surface area contributed by atoms with Gasteiger partial charge in [0, 0.05) is 26.8 Å². The van der Waals surface area contributed by atoms with Crippen molar-refractivity contribution in [1.29, 1.82) is 0 Å². The largest absolute Gasteiger partial charge is 0.345 e. The van der Waals surface area contributed by atoms with Crippen LogP contribution in [-0.2, 0) is 7.05 Å². The van der Waals surface area contributed by atoms with Crippen molar-refractivity contribution in [2.75, 3.05) is 14.1 Å². The number of nitrogens with zero attached hydrogens (tertiary/aromatic N) is 3. The second kappa shape index (κ2) is 2.97. The quantitative estimate of drug-likeness (QED) is 0.608. The molecule has 1 aromatic heterocycles. The summed E-state index contributed by atoms with van der Waals surface area (Å²) in [6.07, 6.45) is 1.59. The summed E-state index contributed by atoms with van der Waals surface area (Å²) in [5.74, 6) is 0.000556. The second-order valence-corrected chi connectivity index (χ2v) is 2.97. The molecule has 0 N–H and O–H groups in total. The maximum absolute atomic E-state index is 11.5. The first-order valence-corrected chi connectivity index (χ1v) is 3.74. The van der Waals surface area contributed by atoms with Crippen LogP contribution in [0, 0.1) is 6.92 Å². The SMILES string of the molecule is Cc1c(C(=O)N(C)C)cnn1C. The molecule has 0 saturated carbocycles. The molecule has 0 aliphatic carbocycles. The highest BCUT2D eigenvalue weighted by Gasteiger charge is 2.13. The van der Waals surface area contributed by atoms with Gasteiger partial charge in [0.05, 0.1) is 11.8 Å². The van der Waals surface area contributed by atoms with E-state index < -0.39 is 0 Å². The number of aryl methyl sites for hydroxylation is 1.